The minimum absolute atomic E-state index is 0.157. The molecule has 0 bridgehead atoms. The number of aliphatic hydroxyl groups is 2. The van der Waals surface area contributed by atoms with Crippen LogP contribution in [-0.4, -0.2) is 60.7 Å². The lowest BCUT2D eigenvalue weighted by atomic mass is 10.0. The normalized spacial score (nSPS) is 41.6. The second-order valence-electron chi connectivity index (χ2n) is 4.79. The molecule has 0 amide bonds. The van der Waals surface area contributed by atoms with Gasteiger partial charge in [-0.2, -0.15) is 4.91 Å². The zero-order valence-corrected chi connectivity index (χ0v) is 10.1. The Balaban J connectivity index is 1.85. The van der Waals surface area contributed by atoms with Crippen molar-refractivity contribution in [3.05, 3.63) is 4.91 Å². The molecule has 2 heterocycles. The van der Waals surface area contributed by atoms with Crippen molar-refractivity contribution >= 4 is 0 Å². The third kappa shape index (κ3) is 3.69. The van der Waals surface area contributed by atoms with Crippen LogP contribution < -0.4 is 0 Å². The molecule has 2 saturated heterocycles. The molecule has 2 aliphatic heterocycles. The van der Waals surface area contributed by atoms with E-state index in [1.165, 1.54) is 0 Å². The molecule has 0 aromatic heterocycles. The Morgan fingerprint density at radius 2 is 2.11 bits per heavy atom. The Kier molecular flexibility index (Phi) is 5.02. The molecular weight excluding hydrogens is 242 g/mol. The van der Waals surface area contributed by atoms with E-state index < -0.39 is 24.5 Å². The summed E-state index contributed by atoms with van der Waals surface area (Å²) in [5.74, 6) is 0. The van der Waals surface area contributed by atoms with Crippen molar-refractivity contribution in [1.29, 1.82) is 0 Å². The van der Waals surface area contributed by atoms with E-state index in [1.807, 2.05) is 0 Å². The third-order valence-electron chi connectivity index (χ3n) is 3.19. The molecule has 0 unspecified atom stereocenters. The number of aliphatic hydroxyl groups excluding tert-OH is 2. The van der Waals surface area contributed by atoms with Crippen LogP contribution in [-0.2, 0) is 14.2 Å². The van der Waals surface area contributed by atoms with E-state index in [0.717, 1.165) is 0 Å². The van der Waals surface area contributed by atoms with Gasteiger partial charge in [0.1, 0.15) is 0 Å². The van der Waals surface area contributed by atoms with Crippen LogP contribution in [0.5, 0.6) is 0 Å². The van der Waals surface area contributed by atoms with Gasteiger partial charge in [-0.05, 0) is 0 Å². The smallest absolute Gasteiger partial charge is 0.160 e. The van der Waals surface area contributed by atoms with Crippen molar-refractivity contribution in [2.45, 2.75) is 49.9 Å². The van der Waals surface area contributed by atoms with Gasteiger partial charge in [0.2, 0.25) is 0 Å². The number of nitrogens with zero attached hydrogens (tertiary/aromatic N) is 1. The van der Waals surface area contributed by atoms with E-state index in [4.69, 9.17) is 19.3 Å². The standard InChI is InChI=1S/C11H19NO6/c13-4-9-1-7(12-15)2-11(17-9)18-10-3-8(14)5-16-6-10/h7-11,13-14H,1-6H2/t7-,8-,9-,10+,11-/m1/s1. The van der Waals surface area contributed by atoms with Gasteiger partial charge in [0.15, 0.2) is 6.29 Å². The molecule has 2 N–H and O–H groups in total. The topological polar surface area (TPSA) is 97.6 Å². The van der Waals surface area contributed by atoms with Gasteiger partial charge in [-0.1, -0.05) is 5.18 Å². The third-order valence-corrected chi connectivity index (χ3v) is 3.19. The summed E-state index contributed by atoms with van der Waals surface area (Å²) in [6.07, 6.45) is -0.470. The summed E-state index contributed by atoms with van der Waals surface area (Å²) >= 11 is 0. The first-order valence-corrected chi connectivity index (χ1v) is 6.21. The Labute approximate surface area is 105 Å². The fraction of sp³-hybridized carbons (Fsp3) is 1.00. The van der Waals surface area contributed by atoms with Crippen molar-refractivity contribution in [2.75, 3.05) is 19.8 Å². The van der Waals surface area contributed by atoms with Gasteiger partial charge >= 0.3 is 0 Å². The van der Waals surface area contributed by atoms with Gasteiger partial charge in [0.25, 0.3) is 0 Å². The van der Waals surface area contributed by atoms with E-state index in [0.29, 0.717) is 32.5 Å². The fourth-order valence-corrected chi connectivity index (χ4v) is 2.32. The van der Waals surface area contributed by atoms with Crippen LogP contribution in [0.15, 0.2) is 5.18 Å². The largest absolute Gasteiger partial charge is 0.394 e. The lowest BCUT2D eigenvalue weighted by molar-refractivity contribution is -0.242. The Bertz CT molecular complexity index is 276. The van der Waals surface area contributed by atoms with Crippen LogP contribution >= 0.6 is 0 Å². The quantitative estimate of drug-likeness (QED) is 0.679. The van der Waals surface area contributed by atoms with Crippen LogP contribution in [0.1, 0.15) is 19.3 Å². The molecule has 2 aliphatic rings. The maximum absolute atomic E-state index is 10.6. The first kappa shape index (κ1) is 13.8. The molecular formula is C11H19NO6. The molecule has 0 aromatic carbocycles. The minimum atomic E-state index is -0.572. The van der Waals surface area contributed by atoms with Gasteiger partial charge in [-0.15, -0.1) is 0 Å². The van der Waals surface area contributed by atoms with Crippen LogP contribution in [0, 0.1) is 4.91 Å². The van der Waals surface area contributed by atoms with Crippen molar-refractivity contribution < 1.29 is 24.4 Å². The van der Waals surface area contributed by atoms with Crippen LogP contribution in [0.25, 0.3) is 0 Å². The zero-order valence-electron chi connectivity index (χ0n) is 10.1. The summed E-state index contributed by atoms with van der Waals surface area (Å²) in [6.45, 7) is 0.568. The second kappa shape index (κ2) is 6.53. The molecule has 0 radical (unpaired) electrons. The van der Waals surface area contributed by atoms with Gasteiger partial charge in [0, 0.05) is 19.3 Å². The molecule has 2 fully saturated rings. The van der Waals surface area contributed by atoms with Crippen molar-refractivity contribution in [3.63, 3.8) is 0 Å². The highest BCUT2D eigenvalue weighted by molar-refractivity contribution is 4.80. The molecule has 5 atom stereocenters. The summed E-state index contributed by atoms with van der Waals surface area (Å²) in [5.41, 5.74) is 0. The van der Waals surface area contributed by atoms with E-state index >= 15 is 0 Å². The summed E-state index contributed by atoms with van der Waals surface area (Å²) in [6, 6.07) is -0.393. The molecule has 7 nitrogen and oxygen atoms in total. The zero-order chi connectivity index (χ0) is 13.0. The van der Waals surface area contributed by atoms with Crippen molar-refractivity contribution in [2.24, 2.45) is 5.18 Å². The van der Waals surface area contributed by atoms with Crippen molar-refractivity contribution in [3.8, 4) is 0 Å². The number of hydrogen-bond acceptors (Lipinski definition) is 7. The maximum Gasteiger partial charge on any atom is 0.160 e. The predicted octanol–water partition coefficient (Wildman–Crippen LogP) is -0.215. The molecule has 0 spiro atoms. The number of ether oxygens (including phenoxy) is 3. The summed E-state index contributed by atoms with van der Waals surface area (Å²) in [7, 11) is 0. The Hall–Kier alpha value is -0.600. The first-order chi connectivity index (χ1) is 8.71. The lowest BCUT2D eigenvalue weighted by Crippen LogP contribution is -2.43. The maximum atomic E-state index is 10.6. The van der Waals surface area contributed by atoms with E-state index in [-0.39, 0.29) is 12.7 Å². The van der Waals surface area contributed by atoms with Crippen LogP contribution in [0.4, 0.5) is 0 Å². The average molecular weight is 261 g/mol. The SMILES string of the molecule is O=N[C@@H]1C[C@H](CO)O[C@H](O[C@@H]2COC[C@H](O)C2)C1. The molecule has 2 rings (SSSR count). The molecule has 18 heavy (non-hydrogen) atoms. The monoisotopic (exact) mass is 261 g/mol. The predicted molar refractivity (Wildman–Crippen MR) is 60.9 cm³/mol. The number of rotatable bonds is 4. The highest BCUT2D eigenvalue weighted by Gasteiger charge is 2.33. The highest BCUT2D eigenvalue weighted by atomic mass is 16.7. The molecule has 0 aromatic rings. The fourth-order valence-electron chi connectivity index (χ4n) is 2.32. The van der Waals surface area contributed by atoms with Gasteiger partial charge < -0.3 is 24.4 Å². The van der Waals surface area contributed by atoms with Gasteiger partial charge in [-0.25, -0.2) is 0 Å². The second-order valence-corrected chi connectivity index (χ2v) is 4.79. The molecule has 0 aliphatic carbocycles. The Morgan fingerprint density at radius 1 is 1.28 bits per heavy atom. The number of hydrogen-bond donors (Lipinski definition) is 2. The van der Waals surface area contributed by atoms with Gasteiger partial charge in [0.05, 0.1) is 44.2 Å². The van der Waals surface area contributed by atoms with Crippen LogP contribution in [0.2, 0.25) is 0 Å². The highest BCUT2D eigenvalue weighted by Crippen LogP contribution is 2.25. The van der Waals surface area contributed by atoms with E-state index in [1.54, 1.807) is 0 Å². The Morgan fingerprint density at radius 3 is 2.78 bits per heavy atom. The van der Waals surface area contributed by atoms with Crippen LogP contribution in [0.3, 0.4) is 0 Å². The first-order valence-electron chi connectivity index (χ1n) is 6.21. The lowest BCUT2D eigenvalue weighted by Gasteiger charge is -2.35. The van der Waals surface area contributed by atoms with E-state index in [2.05, 4.69) is 5.18 Å². The van der Waals surface area contributed by atoms with Gasteiger partial charge in [-0.3, -0.25) is 0 Å². The summed E-state index contributed by atoms with van der Waals surface area (Å²) < 4.78 is 16.3. The summed E-state index contributed by atoms with van der Waals surface area (Å²) in [4.78, 5) is 10.6. The molecule has 0 saturated carbocycles. The molecule has 7 heteroatoms. The number of nitroso groups, excluding NO2 is 1. The minimum Gasteiger partial charge on any atom is -0.394 e. The van der Waals surface area contributed by atoms with Crippen molar-refractivity contribution in [1.82, 2.24) is 0 Å². The molecule has 104 valence electrons. The summed E-state index contributed by atoms with van der Waals surface area (Å²) in [5, 5.41) is 21.5. The van der Waals surface area contributed by atoms with E-state index in [9.17, 15) is 10.0 Å². The average Bonchev–Trinajstić information content (AvgIpc) is 2.38.